The number of methoxy groups -OCH3 is 2. The Morgan fingerprint density at radius 2 is 1.32 bits per heavy atom. The lowest BCUT2D eigenvalue weighted by molar-refractivity contribution is -0.140. The van der Waals surface area contributed by atoms with E-state index in [0.29, 0.717) is 44.8 Å². The van der Waals surface area contributed by atoms with Crippen molar-refractivity contribution in [3.05, 3.63) is 59.7 Å². The third-order valence-electron chi connectivity index (χ3n) is 6.05. The van der Waals surface area contributed by atoms with Gasteiger partial charge in [-0.15, -0.1) is 0 Å². The molecule has 1 saturated heterocycles. The van der Waals surface area contributed by atoms with E-state index in [1.165, 1.54) is 6.92 Å². The molecule has 0 spiro atoms. The molecule has 0 radical (unpaired) electrons. The van der Waals surface area contributed by atoms with Crippen LogP contribution in [0.1, 0.15) is 36.9 Å². The zero-order chi connectivity index (χ0) is 24.5. The maximum Gasteiger partial charge on any atom is 0.225 e. The molecule has 0 bridgehead atoms. The Balaban J connectivity index is 1.49. The van der Waals surface area contributed by atoms with Crippen LogP contribution in [-0.2, 0) is 20.8 Å². The maximum atomic E-state index is 13.0. The van der Waals surface area contributed by atoms with Crippen molar-refractivity contribution in [2.75, 3.05) is 40.4 Å². The first-order chi connectivity index (χ1) is 16.4. The fourth-order valence-electron chi connectivity index (χ4n) is 4.04. The van der Waals surface area contributed by atoms with E-state index in [1.807, 2.05) is 53.4 Å². The lowest BCUT2D eigenvalue weighted by Crippen LogP contribution is -2.51. The Morgan fingerprint density at radius 1 is 0.824 bits per heavy atom. The maximum absolute atomic E-state index is 13.0. The summed E-state index contributed by atoms with van der Waals surface area (Å²) in [5, 5.41) is 2.87. The number of hydrogen-bond donors (Lipinski definition) is 1. The van der Waals surface area contributed by atoms with Gasteiger partial charge in [0, 0.05) is 39.5 Å². The normalized spacial score (nSPS) is 14.3. The topological polar surface area (TPSA) is 88.2 Å². The molecule has 8 heteroatoms. The van der Waals surface area contributed by atoms with Crippen LogP contribution in [0.25, 0.3) is 0 Å². The Labute approximate surface area is 200 Å². The van der Waals surface area contributed by atoms with Gasteiger partial charge < -0.3 is 24.6 Å². The average Bonchev–Trinajstić information content (AvgIpc) is 2.87. The molecule has 2 aromatic carbocycles. The fourth-order valence-corrected chi connectivity index (χ4v) is 4.04. The minimum atomic E-state index is -0.417. The van der Waals surface area contributed by atoms with Gasteiger partial charge in [-0.05, 0) is 41.8 Å². The van der Waals surface area contributed by atoms with Gasteiger partial charge in [-0.1, -0.05) is 24.3 Å². The Hall–Kier alpha value is -3.55. The van der Waals surface area contributed by atoms with Crippen molar-refractivity contribution < 1.29 is 23.9 Å². The van der Waals surface area contributed by atoms with Crippen molar-refractivity contribution in [2.45, 2.75) is 32.2 Å². The standard InChI is InChI=1S/C26H33N3O5/c1-19(30)27-24(21-7-11-23(34-3)12-8-21)18-26(32)29-16-14-28(15-17-29)25(31)13-6-20-4-9-22(33-2)10-5-20/h4-5,7-12,24H,6,13-18H2,1-3H3,(H,27,30). The summed E-state index contributed by atoms with van der Waals surface area (Å²) in [5.74, 6) is 1.37. The van der Waals surface area contributed by atoms with Gasteiger partial charge in [0.25, 0.3) is 0 Å². The molecule has 1 unspecified atom stereocenters. The van der Waals surface area contributed by atoms with Crippen LogP contribution in [0, 0.1) is 0 Å². The summed E-state index contributed by atoms with van der Waals surface area (Å²) < 4.78 is 10.4. The zero-order valence-corrected chi connectivity index (χ0v) is 20.1. The molecule has 3 amide bonds. The largest absolute Gasteiger partial charge is 0.497 e. The number of nitrogens with one attached hydrogen (secondary N) is 1. The van der Waals surface area contributed by atoms with Gasteiger partial charge in [0.1, 0.15) is 11.5 Å². The molecule has 1 fully saturated rings. The molecule has 0 aliphatic carbocycles. The second-order valence-electron chi connectivity index (χ2n) is 8.34. The molecule has 1 aliphatic heterocycles. The van der Waals surface area contributed by atoms with Crippen molar-refractivity contribution >= 4 is 17.7 Å². The summed E-state index contributed by atoms with van der Waals surface area (Å²) in [6.45, 7) is 3.45. The second kappa shape index (κ2) is 12.1. The number of carbonyl (C=O) groups is 3. The molecule has 3 rings (SSSR count). The highest BCUT2D eigenvalue weighted by atomic mass is 16.5. The summed E-state index contributed by atoms with van der Waals surface area (Å²) in [5.41, 5.74) is 1.93. The average molecular weight is 468 g/mol. The van der Waals surface area contributed by atoms with E-state index in [9.17, 15) is 14.4 Å². The molecule has 0 saturated carbocycles. The quantitative estimate of drug-likeness (QED) is 0.613. The van der Waals surface area contributed by atoms with Crippen LogP contribution in [-0.4, -0.2) is 67.9 Å². The lowest BCUT2D eigenvalue weighted by atomic mass is 10.0. The predicted molar refractivity (Wildman–Crippen MR) is 129 cm³/mol. The number of hydrogen-bond acceptors (Lipinski definition) is 5. The molecular formula is C26H33N3O5. The molecule has 1 atom stereocenters. The molecule has 1 N–H and O–H groups in total. The molecule has 34 heavy (non-hydrogen) atoms. The molecule has 2 aromatic rings. The molecule has 1 aliphatic rings. The monoisotopic (exact) mass is 467 g/mol. The molecule has 0 aromatic heterocycles. The Kier molecular flexibility index (Phi) is 8.90. The summed E-state index contributed by atoms with van der Waals surface area (Å²) >= 11 is 0. The van der Waals surface area contributed by atoms with E-state index < -0.39 is 6.04 Å². The third-order valence-corrected chi connectivity index (χ3v) is 6.05. The van der Waals surface area contributed by atoms with E-state index in [0.717, 1.165) is 16.9 Å². The lowest BCUT2D eigenvalue weighted by Gasteiger charge is -2.35. The van der Waals surface area contributed by atoms with Crippen molar-refractivity contribution in [1.82, 2.24) is 15.1 Å². The molecule has 1 heterocycles. The summed E-state index contributed by atoms with van der Waals surface area (Å²) in [7, 11) is 3.22. The summed E-state index contributed by atoms with van der Waals surface area (Å²) in [4.78, 5) is 40.9. The first-order valence-electron chi connectivity index (χ1n) is 11.5. The summed E-state index contributed by atoms with van der Waals surface area (Å²) in [6, 6.07) is 14.6. The molecule has 182 valence electrons. The SMILES string of the molecule is COc1ccc(CCC(=O)N2CCN(C(=O)CC(NC(C)=O)c3ccc(OC)cc3)CC2)cc1. The van der Waals surface area contributed by atoms with Crippen LogP contribution in [0.3, 0.4) is 0 Å². The molecular weight excluding hydrogens is 434 g/mol. The van der Waals surface area contributed by atoms with E-state index in [4.69, 9.17) is 9.47 Å². The van der Waals surface area contributed by atoms with Crippen molar-refractivity contribution in [3.63, 3.8) is 0 Å². The number of rotatable bonds is 9. The number of ether oxygens (including phenoxy) is 2. The van der Waals surface area contributed by atoms with E-state index >= 15 is 0 Å². The van der Waals surface area contributed by atoms with Crippen LogP contribution in [0.2, 0.25) is 0 Å². The van der Waals surface area contributed by atoms with Gasteiger partial charge in [0.05, 0.1) is 26.7 Å². The van der Waals surface area contributed by atoms with Gasteiger partial charge in [-0.25, -0.2) is 0 Å². The van der Waals surface area contributed by atoms with Gasteiger partial charge in [0.2, 0.25) is 17.7 Å². The van der Waals surface area contributed by atoms with Crippen LogP contribution in [0.15, 0.2) is 48.5 Å². The van der Waals surface area contributed by atoms with E-state index in [2.05, 4.69) is 5.32 Å². The second-order valence-corrected chi connectivity index (χ2v) is 8.34. The predicted octanol–water partition coefficient (Wildman–Crippen LogP) is 2.57. The fraction of sp³-hybridized carbons (Fsp3) is 0.423. The number of piperazine rings is 1. The number of aryl methyl sites for hydroxylation is 1. The van der Waals surface area contributed by atoms with Gasteiger partial charge in [-0.2, -0.15) is 0 Å². The number of nitrogens with zero attached hydrogens (tertiary/aromatic N) is 2. The molecule has 8 nitrogen and oxygen atoms in total. The Morgan fingerprint density at radius 3 is 1.82 bits per heavy atom. The van der Waals surface area contributed by atoms with Gasteiger partial charge in [0.15, 0.2) is 0 Å². The van der Waals surface area contributed by atoms with Crippen LogP contribution < -0.4 is 14.8 Å². The highest BCUT2D eigenvalue weighted by molar-refractivity contribution is 5.80. The third kappa shape index (κ3) is 6.97. The van der Waals surface area contributed by atoms with Gasteiger partial charge >= 0.3 is 0 Å². The minimum Gasteiger partial charge on any atom is -0.497 e. The van der Waals surface area contributed by atoms with E-state index in [1.54, 1.807) is 19.1 Å². The van der Waals surface area contributed by atoms with Crippen LogP contribution in [0.5, 0.6) is 11.5 Å². The number of amides is 3. The smallest absolute Gasteiger partial charge is 0.225 e. The van der Waals surface area contributed by atoms with Crippen molar-refractivity contribution in [1.29, 1.82) is 0 Å². The van der Waals surface area contributed by atoms with E-state index in [-0.39, 0.29) is 24.1 Å². The highest BCUT2D eigenvalue weighted by Crippen LogP contribution is 2.22. The number of carbonyl (C=O) groups excluding carboxylic acids is 3. The number of benzene rings is 2. The highest BCUT2D eigenvalue weighted by Gasteiger charge is 2.26. The first kappa shape index (κ1) is 25.1. The van der Waals surface area contributed by atoms with Crippen molar-refractivity contribution in [2.24, 2.45) is 0 Å². The van der Waals surface area contributed by atoms with Gasteiger partial charge in [-0.3, -0.25) is 14.4 Å². The summed E-state index contributed by atoms with van der Waals surface area (Å²) in [6.07, 6.45) is 1.27. The van der Waals surface area contributed by atoms with Crippen molar-refractivity contribution in [3.8, 4) is 11.5 Å². The first-order valence-corrected chi connectivity index (χ1v) is 11.5. The zero-order valence-electron chi connectivity index (χ0n) is 20.1. The van der Waals surface area contributed by atoms with Crippen LogP contribution >= 0.6 is 0 Å². The minimum absolute atomic E-state index is 0.0418. The Bertz CT molecular complexity index is 967. The van der Waals surface area contributed by atoms with Crippen LogP contribution in [0.4, 0.5) is 0 Å².